The fourth-order valence-corrected chi connectivity index (χ4v) is 4.48. The average molecular weight is 425 g/mol. The number of nitrogens with one attached hydrogen (secondary N) is 1. The standard InChI is InChI=1S/C19H16N6O2S2/c26-15(20-18-23-22-17(29-18)12-8-9-12)11-28-19-24-21-16(14-7-4-10-27-14)25(19)13-5-2-1-3-6-13/h1-7,10,12H,8-9,11H2,(H,20,23,26). The third-order valence-electron chi connectivity index (χ3n) is 4.34. The van der Waals surface area contributed by atoms with E-state index in [1.807, 2.05) is 41.0 Å². The van der Waals surface area contributed by atoms with Crippen LogP contribution in [0.4, 0.5) is 5.13 Å². The highest BCUT2D eigenvalue weighted by Crippen LogP contribution is 2.42. The van der Waals surface area contributed by atoms with Crippen LogP contribution in [0.3, 0.4) is 0 Å². The van der Waals surface area contributed by atoms with Crippen LogP contribution >= 0.6 is 23.1 Å². The molecule has 3 aromatic heterocycles. The van der Waals surface area contributed by atoms with Crippen molar-refractivity contribution >= 4 is 34.1 Å². The molecule has 1 amide bonds. The lowest BCUT2D eigenvalue weighted by Gasteiger charge is -2.08. The van der Waals surface area contributed by atoms with E-state index in [0.29, 0.717) is 27.8 Å². The van der Waals surface area contributed by atoms with Gasteiger partial charge in [-0.1, -0.05) is 41.3 Å². The number of rotatable bonds is 7. The molecular weight excluding hydrogens is 408 g/mol. The van der Waals surface area contributed by atoms with Crippen molar-refractivity contribution in [3.63, 3.8) is 0 Å². The summed E-state index contributed by atoms with van der Waals surface area (Å²) < 4.78 is 7.38. The zero-order valence-electron chi connectivity index (χ0n) is 15.2. The lowest BCUT2D eigenvalue weighted by Crippen LogP contribution is -2.14. The monoisotopic (exact) mass is 424 g/mol. The number of furan rings is 1. The van der Waals surface area contributed by atoms with Crippen molar-refractivity contribution in [2.24, 2.45) is 0 Å². The van der Waals surface area contributed by atoms with Crippen molar-refractivity contribution in [2.45, 2.75) is 23.9 Å². The Morgan fingerprint density at radius 2 is 2.00 bits per heavy atom. The zero-order valence-corrected chi connectivity index (χ0v) is 16.8. The Kier molecular flexibility index (Phi) is 4.86. The highest BCUT2D eigenvalue weighted by Gasteiger charge is 2.27. The highest BCUT2D eigenvalue weighted by molar-refractivity contribution is 7.99. The summed E-state index contributed by atoms with van der Waals surface area (Å²) in [4.78, 5) is 12.4. The van der Waals surface area contributed by atoms with Crippen molar-refractivity contribution < 1.29 is 9.21 Å². The van der Waals surface area contributed by atoms with Gasteiger partial charge in [-0.2, -0.15) is 0 Å². The molecule has 0 aliphatic heterocycles. The first kappa shape index (κ1) is 18.1. The van der Waals surface area contributed by atoms with E-state index in [4.69, 9.17) is 4.42 Å². The lowest BCUT2D eigenvalue weighted by molar-refractivity contribution is -0.113. The molecule has 4 aromatic rings. The number of benzene rings is 1. The van der Waals surface area contributed by atoms with Gasteiger partial charge in [0, 0.05) is 11.6 Å². The lowest BCUT2D eigenvalue weighted by atomic mass is 10.3. The minimum absolute atomic E-state index is 0.157. The number of anilines is 1. The second-order valence-electron chi connectivity index (χ2n) is 6.51. The van der Waals surface area contributed by atoms with Crippen LogP contribution in [-0.4, -0.2) is 36.6 Å². The average Bonchev–Trinajstić information content (AvgIpc) is 3.13. The van der Waals surface area contributed by atoms with Crippen LogP contribution in [0.15, 0.2) is 58.3 Å². The van der Waals surface area contributed by atoms with Crippen molar-refractivity contribution in [3.8, 4) is 17.3 Å². The number of para-hydroxylation sites is 1. The predicted octanol–water partition coefficient (Wildman–Crippen LogP) is 3.99. The van der Waals surface area contributed by atoms with Crippen LogP contribution in [0.25, 0.3) is 17.3 Å². The quantitative estimate of drug-likeness (QED) is 0.448. The number of carbonyl (C=O) groups excluding carboxylic acids is 1. The van der Waals surface area contributed by atoms with Crippen LogP contribution in [-0.2, 0) is 4.79 Å². The van der Waals surface area contributed by atoms with Gasteiger partial charge in [0.15, 0.2) is 10.9 Å². The second kappa shape index (κ2) is 7.80. The molecule has 5 rings (SSSR count). The van der Waals surface area contributed by atoms with E-state index < -0.39 is 0 Å². The number of nitrogens with zero attached hydrogens (tertiary/aromatic N) is 5. The van der Waals surface area contributed by atoms with E-state index in [9.17, 15) is 4.79 Å². The van der Waals surface area contributed by atoms with E-state index in [-0.39, 0.29) is 11.7 Å². The smallest absolute Gasteiger partial charge is 0.236 e. The summed E-state index contributed by atoms with van der Waals surface area (Å²) in [5.41, 5.74) is 0.894. The SMILES string of the molecule is O=C(CSc1nnc(-c2ccco2)n1-c1ccccc1)Nc1nnc(C2CC2)s1. The van der Waals surface area contributed by atoms with Gasteiger partial charge in [-0.05, 0) is 37.1 Å². The van der Waals surface area contributed by atoms with Gasteiger partial charge in [-0.3, -0.25) is 14.7 Å². The van der Waals surface area contributed by atoms with Crippen molar-refractivity contribution in [2.75, 3.05) is 11.1 Å². The Hall–Kier alpha value is -2.98. The molecule has 1 fully saturated rings. The summed E-state index contributed by atoms with van der Waals surface area (Å²) in [6.45, 7) is 0. The molecule has 1 N–H and O–H groups in total. The molecule has 0 radical (unpaired) electrons. The maximum Gasteiger partial charge on any atom is 0.236 e. The van der Waals surface area contributed by atoms with E-state index in [0.717, 1.165) is 23.5 Å². The Bertz CT molecular complexity index is 1120. The molecule has 1 aromatic carbocycles. The Balaban J connectivity index is 1.33. The van der Waals surface area contributed by atoms with Gasteiger partial charge in [-0.15, -0.1) is 20.4 Å². The van der Waals surface area contributed by atoms with Gasteiger partial charge in [-0.25, -0.2) is 0 Å². The molecule has 3 heterocycles. The van der Waals surface area contributed by atoms with Gasteiger partial charge in [0.2, 0.25) is 16.9 Å². The minimum atomic E-state index is -0.157. The third-order valence-corrected chi connectivity index (χ3v) is 6.27. The first-order chi connectivity index (χ1) is 14.3. The summed E-state index contributed by atoms with van der Waals surface area (Å²) in [7, 11) is 0. The Morgan fingerprint density at radius 1 is 1.14 bits per heavy atom. The maximum atomic E-state index is 12.4. The van der Waals surface area contributed by atoms with Gasteiger partial charge in [0.05, 0.1) is 12.0 Å². The summed E-state index contributed by atoms with van der Waals surface area (Å²) in [6, 6.07) is 13.4. The number of carbonyl (C=O) groups is 1. The molecule has 1 saturated carbocycles. The van der Waals surface area contributed by atoms with E-state index >= 15 is 0 Å². The van der Waals surface area contributed by atoms with E-state index in [2.05, 4.69) is 25.7 Å². The fraction of sp³-hybridized carbons (Fsp3) is 0.211. The fourth-order valence-electron chi connectivity index (χ4n) is 2.80. The predicted molar refractivity (Wildman–Crippen MR) is 110 cm³/mol. The van der Waals surface area contributed by atoms with Crippen molar-refractivity contribution in [1.29, 1.82) is 0 Å². The molecule has 10 heteroatoms. The van der Waals surface area contributed by atoms with E-state index in [1.165, 1.54) is 23.1 Å². The van der Waals surface area contributed by atoms with Gasteiger partial charge < -0.3 is 4.42 Å². The van der Waals surface area contributed by atoms with Crippen LogP contribution in [0, 0.1) is 0 Å². The maximum absolute atomic E-state index is 12.4. The highest BCUT2D eigenvalue weighted by atomic mass is 32.2. The van der Waals surface area contributed by atoms with Crippen LogP contribution < -0.4 is 5.32 Å². The molecule has 0 spiro atoms. The molecule has 1 aliphatic rings. The third kappa shape index (κ3) is 3.94. The number of hydrogen-bond acceptors (Lipinski definition) is 8. The first-order valence-corrected chi connectivity index (χ1v) is 10.9. The molecule has 0 saturated heterocycles. The molecule has 1 aliphatic carbocycles. The Morgan fingerprint density at radius 3 is 2.76 bits per heavy atom. The Labute approximate surface area is 174 Å². The van der Waals surface area contributed by atoms with Crippen molar-refractivity contribution in [3.05, 3.63) is 53.7 Å². The van der Waals surface area contributed by atoms with Gasteiger partial charge >= 0.3 is 0 Å². The molecule has 0 unspecified atom stereocenters. The van der Waals surface area contributed by atoms with Crippen LogP contribution in [0.2, 0.25) is 0 Å². The van der Waals surface area contributed by atoms with E-state index in [1.54, 1.807) is 12.3 Å². The zero-order chi connectivity index (χ0) is 19.6. The second-order valence-corrected chi connectivity index (χ2v) is 8.46. The number of aromatic nitrogens is 5. The van der Waals surface area contributed by atoms with Gasteiger partial charge in [0.25, 0.3) is 0 Å². The normalized spacial score (nSPS) is 13.5. The topological polar surface area (TPSA) is 98.7 Å². The molecular formula is C19H16N6O2S2. The summed E-state index contributed by atoms with van der Waals surface area (Å²) in [5.74, 6) is 1.75. The van der Waals surface area contributed by atoms with Crippen LogP contribution in [0.1, 0.15) is 23.8 Å². The molecule has 0 bridgehead atoms. The summed E-state index contributed by atoms with van der Waals surface area (Å²) >= 11 is 2.75. The van der Waals surface area contributed by atoms with Crippen molar-refractivity contribution in [1.82, 2.24) is 25.0 Å². The summed E-state index contributed by atoms with van der Waals surface area (Å²) in [6.07, 6.45) is 3.91. The minimum Gasteiger partial charge on any atom is -0.461 e. The number of hydrogen-bond donors (Lipinski definition) is 1. The first-order valence-electron chi connectivity index (χ1n) is 9.08. The number of amides is 1. The molecule has 8 nitrogen and oxygen atoms in total. The van der Waals surface area contributed by atoms with Crippen LogP contribution in [0.5, 0.6) is 0 Å². The largest absolute Gasteiger partial charge is 0.461 e. The van der Waals surface area contributed by atoms with Gasteiger partial charge in [0.1, 0.15) is 5.01 Å². The number of thioether (sulfide) groups is 1. The summed E-state index contributed by atoms with van der Waals surface area (Å²) in [5, 5.41) is 21.7. The molecule has 146 valence electrons. The molecule has 29 heavy (non-hydrogen) atoms. The molecule has 0 atom stereocenters.